The number of methoxy groups -OCH3 is 2. The predicted molar refractivity (Wildman–Crippen MR) is 153 cm³/mol. The second kappa shape index (κ2) is 13.1. The smallest absolute Gasteiger partial charge is 0.346 e. The van der Waals surface area contributed by atoms with Crippen LogP contribution in [0, 0.1) is 13.8 Å². The SMILES string of the molecule is COC(=O)[C@H](C)Oc1c(C=NNC(=O)c2ccc(COc3ccc(-n4c(C)ccc4C)cc3)o2)cc(Cl)cc1OC. The van der Waals surface area contributed by atoms with Crippen LogP contribution in [0.2, 0.25) is 5.02 Å². The molecule has 10 nitrogen and oxygen atoms in total. The molecule has 11 heteroatoms. The van der Waals surface area contributed by atoms with Gasteiger partial charge < -0.3 is 27.9 Å². The van der Waals surface area contributed by atoms with Gasteiger partial charge in [0.15, 0.2) is 23.4 Å². The fraction of sp³-hybridized carbons (Fsp3) is 0.233. The highest BCUT2D eigenvalue weighted by Crippen LogP contribution is 2.34. The molecule has 4 aromatic rings. The molecule has 1 atom stereocenters. The van der Waals surface area contributed by atoms with Crippen molar-refractivity contribution in [2.24, 2.45) is 5.10 Å². The van der Waals surface area contributed by atoms with Crippen LogP contribution >= 0.6 is 11.6 Å². The number of halogens is 1. The number of rotatable bonds is 11. The van der Waals surface area contributed by atoms with Gasteiger partial charge in [-0.05, 0) is 75.4 Å². The summed E-state index contributed by atoms with van der Waals surface area (Å²) in [7, 11) is 2.69. The third-order valence-electron chi connectivity index (χ3n) is 6.10. The van der Waals surface area contributed by atoms with Crippen molar-refractivity contribution < 1.29 is 33.0 Å². The van der Waals surface area contributed by atoms with Gasteiger partial charge in [0.25, 0.3) is 0 Å². The third-order valence-corrected chi connectivity index (χ3v) is 6.32. The quantitative estimate of drug-likeness (QED) is 0.139. The summed E-state index contributed by atoms with van der Waals surface area (Å²) in [5.74, 6) is 0.517. The molecule has 1 N–H and O–H groups in total. The zero-order chi connectivity index (χ0) is 29.5. The van der Waals surface area contributed by atoms with E-state index in [1.54, 1.807) is 12.1 Å². The standard InChI is InChI=1S/C30H30ClN3O7/c1-18-6-7-19(2)34(18)23-8-10-24(11-9-23)39-17-25-12-13-26(41-25)29(35)33-32-16-21-14-22(31)15-27(37-4)28(21)40-20(3)30(36)38-5/h6-16,20H,17H2,1-5H3,(H,33,35)/t20-/m0/s1. The van der Waals surface area contributed by atoms with Crippen LogP contribution in [-0.4, -0.2) is 43.0 Å². The maximum absolute atomic E-state index is 12.6. The normalized spacial score (nSPS) is 11.8. The largest absolute Gasteiger partial charge is 0.493 e. The first-order valence-electron chi connectivity index (χ1n) is 12.6. The zero-order valence-electron chi connectivity index (χ0n) is 23.3. The summed E-state index contributed by atoms with van der Waals surface area (Å²) < 4.78 is 29.4. The molecule has 41 heavy (non-hydrogen) atoms. The van der Waals surface area contributed by atoms with Crippen LogP contribution in [0.4, 0.5) is 0 Å². The molecule has 0 unspecified atom stereocenters. The molecule has 2 heterocycles. The van der Waals surface area contributed by atoms with Gasteiger partial charge in [-0.25, -0.2) is 10.2 Å². The van der Waals surface area contributed by atoms with Gasteiger partial charge in [0.2, 0.25) is 0 Å². The van der Waals surface area contributed by atoms with Crippen molar-refractivity contribution >= 4 is 29.7 Å². The second-order valence-electron chi connectivity index (χ2n) is 9.01. The van der Waals surface area contributed by atoms with Crippen LogP contribution in [0.5, 0.6) is 17.2 Å². The molecule has 0 fully saturated rings. The molecule has 0 aliphatic carbocycles. The van der Waals surface area contributed by atoms with Gasteiger partial charge in [0, 0.05) is 33.7 Å². The van der Waals surface area contributed by atoms with Crippen LogP contribution < -0.4 is 19.6 Å². The molecule has 0 aliphatic heterocycles. The van der Waals surface area contributed by atoms with Crippen molar-refractivity contribution in [1.82, 2.24) is 9.99 Å². The lowest BCUT2D eigenvalue weighted by Crippen LogP contribution is -2.25. The highest BCUT2D eigenvalue weighted by Gasteiger charge is 2.20. The number of benzene rings is 2. The number of nitrogens with one attached hydrogen (secondary N) is 1. The van der Waals surface area contributed by atoms with Crippen molar-refractivity contribution in [1.29, 1.82) is 0 Å². The predicted octanol–water partition coefficient (Wildman–Crippen LogP) is 5.63. The van der Waals surface area contributed by atoms with Gasteiger partial charge in [0.1, 0.15) is 18.1 Å². The molecule has 4 rings (SSSR count). The lowest BCUT2D eigenvalue weighted by molar-refractivity contribution is -0.147. The third kappa shape index (κ3) is 7.09. The van der Waals surface area contributed by atoms with Crippen molar-refractivity contribution in [3.63, 3.8) is 0 Å². The number of carbonyl (C=O) groups excluding carboxylic acids is 2. The molecule has 214 valence electrons. The summed E-state index contributed by atoms with van der Waals surface area (Å²) in [5, 5.41) is 4.32. The molecular weight excluding hydrogens is 550 g/mol. The minimum absolute atomic E-state index is 0.0501. The monoisotopic (exact) mass is 579 g/mol. The molecular formula is C30H30ClN3O7. The van der Waals surface area contributed by atoms with E-state index in [1.807, 2.05) is 24.3 Å². The summed E-state index contributed by atoms with van der Waals surface area (Å²) in [6.07, 6.45) is 0.394. The highest BCUT2D eigenvalue weighted by molar-refractivity contribution is 6.31. The van der Waals surface area contributed by atoms with Crippen molar-refractivity contribution in [3.05, 3.63) is 94.2 Å². The summed E-state index contributed by atoms with van der Waals surface area (Å²) in [5.41, 5.74) is 6.11. The van der Waals surface area contributed by atoms with Gasteiger partial charge in [-0.2, -0.15) is 5.10 Å². The van der Waals surface area contributed by atoms with Gasteiger partial charge in [-0.1, -0.05) is 11.6 Å². The Balaban J connectivity index is 1.37. The van der Waals surface area contributed by atoms with E-state index in [4.69, 9.17) is 35.0 Å². The number of aryl methyl sites for hydroxylation is 2. The Morgan fingerprint density at radius 1 is 1.05 bits per heavy atom. The Kier molecular flexibility index (Phi) is 9.36. The lowest BCUT2D eigenvalue weighted by atomic mass is 10.2. The van der Waals surface area contributed by atoms with Gasteiger partial charge >= 0.3 is 11.9 Å². The number of hydrogen-bond acceptors (Lipinski definition) is 8. The summed E-state index contributed by atoms with van der Waals surface area (Å²) >= 11 is 6.18. The fourth-order valence-corrected chi connectivity index (χ4v) is 4.28. The molecule has 2 aromatic carbocycles. The number of hydrazone groups is 1. The molecule has 1 amide bonds. The average molecular weight is 580 g/mol. The number of nitrogens with zero attached hydrogens (tertiary/aromatic N) is 2. The molecule has 0 spiro atoms. The first-order chi connectivity index (χ1) is 19.7. The van der Waals surface area contributed by atoms with Gasteiger partial charge in [-0.3, -0.25) is 4.79 Å². The van der Waals surface area contributed by atoms with E-state index in [2.05, 4.69) is 41.1 Å². The van der Waals surface area contributed by atoms with Crippen LogP contribution in [-0.2, 0) is 16.1 Å². The number of esters is 1. The van der Waals surface area contributed by atoms with Crippen LogP contribution in [0.25, 0.3) is 5.69 Å². The molecule has 0 aliphatic rings. The van der Waals surface area contributed by atoms with Crippen molar-refractivity contribution in [3.8, 4) is 22.9 Å². The maximum atomic E-state index is 12.6. The fourth-order valence-electron chi connectivity index (χ4n) is 4.07. The Bertz CT molecular complexity index is 1540. The number of amides is 1. The highest BCUT2D eigenvalue weighted by atomic mass is 35.5. The number of ether oxygens (including phenoxy) is 4. The molecule has 2 aromatic heterocycles. The van der Waals surface area contributed by atoms with E-state index in [0.29, 0.717) is 22.1 Å². The summed E-state index contributed by atoms with van der Waals surface area (Å²) in [6.45, 7) is 5.78. The maximum Gasteiger partial charge on any atom is 0.346 e. The van der Waals surface area contributed by atoms with Crippen LogP contribution in [0.15, 0.2) is 70.2 Å². The average Bonchev–Trinajstić information content (AvgIpc) is 3.58. The van der Waals surface area contributed by atoms with Crippen molar-refractivity contribution in [2.75, 3.05) is 14.2 Å². The minimum atomic E-state index is -0.925. The summed E-state index contributed by atoms with van der Waals surface area (Å²) in [6, 6.07) is 18.1. The number of aromatic nitrogens is 1. The lowest BCUT2D eigenvalue weighted by Gasteiger charge is -2.17. The van der Waals surface area contributed by atoms with E-state index in [1.165, 1.54) is 39.5 Å². The van der Waals surface area contributed by atoms with E-state index < -0.39 is 18.0 Å². The molecule has 0 saturated heterocycles. The Labute approximate surface area is 242 Å². The molecule has 0 saturated carbocycles. The first kappa shape index (κ1) is 29.3. The van der Waals surface area contributed by atoms with Crippen molar-refractivity contribution in [2.45, 2.75) is 33.5 Å². The Morgan fingerprint density at radius 3 is 2.41 bits per heavy atom. The topological polar surface area (TPSA) is 114 Å². The Morgan fingerprint density at radius 2 is 1.76 bits per heavy atom. The summed E-state index contributed by atoms with van der Waals surface area (Å²) in [4.78, 5) is 24.4. The van der Waals surface area contributed by atoms with E-state index in [9.17, 15) is 9.59 Å². The van der Waals surface area contributed by atoms with Gasteiger partial charge in [0.05, 0.1) is 20.4 Å². The van der Waals surface area contributed by atoms with Crippen LogP contribution in [0.3, 0.4) is 0 Å². The molecule has 0 radical (unpaired) electrons. The second-order valence-corrected chi connectivity index (χ2v) is 9.45. The van der Waals surface area contributed by atoms with Gasteiger partial charge in [-0.15, -0.1) is 0 Å². The van der Waals surface area contributed by atoms with E-state index >= 15 is 0 Å². The number of carbonyl (C=O) groups is 2. The first-order valence-corrected chi connectivity index (χ1v) is 13.0. The Hall–Kier alpha value is -4.70. The minimum Gasteiger partial charge on any atom is -0.493 e. The van der Waals surface area contributed by atoms with E-state index in [-0.39, 0.29) is 23.9 Å². The number of furan rings is 1. The number of hydrogen-bond donors (Lipinski definition) is 1. The van der Waals surface area contributed by atoms with Crippen LogP contribution in [0.1, 0.15) is 40.2 Å². The molecule has 0 bridgehead atoms. The van der Waals surface area contributed by atoms with E-state index in [0.717, 1.165) is 17.1 Å². The zero-order valence-corrected chi connectivity index (χ0v) is 24.0.